The number of carbonyl (C=O) groups is 1. The molecule has 3 nitrogen and oxygen atoms in total. The average molecular weight is 143 g/mol. The molecule has 1 heterocycles. The van der Waals surface area contributed by atoms with Crippen molar-refractivity contribution in [3.05, 3.63) is 0 Å². The molecule has 1 rings (SSSR count). The molecular weight excluding hydrogens is 130 g/mol. The Kier molecular flexibility index (Phi) is 2.83. The van der Waals surface area contributed by atoms with E-state index in [-0.39, 0.29) is 12.1 Å². The first-order valence-electron chi connectivity index (χ1n) is 3.63. The van der Waals surface area contributed by atoms with Crippen LogP contribution in [0.4, 0.5) is 0 Å². The number of nitrogens with two attached hydrogens (primary N) is 1. The van der Waals surface area contributed by atoms with Gasteiger partial charge in [0.1, 0.15) is 6.29 Å². The molecule has 0 aromatic carbocycles. The van der Waals surface area contributed by atoms with Crippen molar-refractivity contribution in [3.63, 3.8) is 0 Å². The van der Waals surface area contributed by atoms with Gasteiger partial charge in [0.05, 0.1) is 12.7 Å². The van der Waals surface area contributed by atoms with Gasteiger partial charge in [-0.2, -0.15) is 0 Å². The van der Waals surface area contributed by atoms with E-state index in [1.54, 1.807) is 0 Å². The lowest BCUT2D eigenvalue weighted by Crippen LogP contribution is -2.35. The lowest BCUT2D eigenvalue weighted by Gasteiger charge is -2.25. The zero-order valence-electron chi connectivity index (χ0n) is 5.95. The number of carbonyl (C=O) groups excluding carboxylic acids is 1. The van der Waals surface area contributed by atoms with E-state index in [1.807, 2.05) is 0 Å². The van der Waals surface area contributed by atoms with Crippen molar-refractivity contribution in [2.75, 3.05) is 6.61 Å². The maximum atomic E-state index is 10.0. The van der Waals surface area contributed by atoms with Gasteiger partial charge in [0.2, 0.25) is 0 Å². The molecule has 0 aromatic rings. The number of aldehydes is 1. The predicted octanol–water partition coefficient (Wildman–Crippen LogP) is 0.0817. The SMILES string of the molecule is N[C@@H]1CC[C@@H](CC=O)OC1. The van der Waals surface area contributed by atoms with E-state index < -0.39 is 0 Å². The van der Waals surface area contributed by atoms with E-state index >= 15 is 0 Å². The van der Waals surface area contributed by atoms with Gasteiger partial charge in [-0.3, -0.25) is 0 Å². The molecule has 58 valence electrons. The molecule has 0 amide bonds. The second-order valence-corrected chi connectivity index (χ2v) is 2.70. The molecule has 10 heavy (non-hydrogen) atoms. The zero-order chi connectivity index (χ0) is 7.40. The van der Waals surface area contributed by atoms with Crippen LogP contribution in [0.15, 0.2) is 0 Å². The molecule has 3 heteroatoms. The summed E-state index contributed by atoms with van der Waals surface area (Å²) < 4.78 is 5.27. The molecule has 1 saturated heterocycles. The molecule has 0 bridgehead atoms. The van der Waals surface area contributed by atoms with Crippen LogP contribution in [0.2, 0.25) is 0 Å². The highest BCUT2D eigenvalue weighted by Gasteiger charge is 2.17. The second kappa shape index (κ2) is 3.68. The Bertz CT molecular complexity index is 108. The summed E-state index contributed by atoms with van der Waals surface area (Å²) in [6.07, 6.45) is 3.48. The maximum absolute atomic E-state index is 10.0. The van der Waals surface area contributed by atoms with Crippen LogP contribution in [0, 0.1) is 0 Å². The number of hydrogen-bond acceptors (Lipinski definition) is 3. The van der Waals surface area contributed by atoms with Crippen LogP contribution in [-0.2, 0) is 9.53 Å². The largest absolute Gasteiger partial charge is 0.376 e. The molecule has 2 atom stereocenters. The molecular formula is C7H13NO2. The van der Waals surface area contributed by atoms with Gasteiger partial charge in [-0.05, 0) is 12.8 Å². The van der Waals surface area contributed by atoms with Crippen LogP contribution in [0.1, 0.15) is 19.3 Å². The minimum absolute atomic E-state index is 0.136. The predicted molar refractivity (Wildman–Crippen MR) is 37.6 cm³/mol. The normalized spacial score (nSPS) is 33.7. The Balaban J connectivity index is 2.19. The summed E-state index contributed by atoms with van der Waals surface area (Å²) in [5.41, 5.74) is 5.58. The van der Waals surface area contributed by atoms with Crippen LogP contribution in [0.5, 0.6) is 0 Å². The first-order chi connectivity index (χ1) is 4.83. The van der Waals surface area contributed by atoms with Crippen LogP contribution >= 0.6 is 0 Å². The van der Waals surface area contributed by atoms with Gasteiger partial charge >= 0.3 is 0 Å². The molecule has 2 N–H and O–H groups in total. The second-order valence-electron chi connectivity index (χ2n) is 2.70. The Labute approximate surface area is 60.5 Å². The molecule has 1 fully saturated rings. The van der Waals surface area contributed by atoms with Crippen molar-refractivity contribution < 1.29 is 9.53 Å². The smallest absolute Gasteiger partial charge is 0.122 e. The third-order valence-corrected chi connectivity index (χ3v) is 1.76. The Morgan fingerprint density at radius 2 is 2.40 bits per heavy atom. The first kappa shape index (κ1) is 7.69. The highest BCUT2D eigenvalue weighted by Crippen LogP contribution is 2.13. The molecule has 0 saturated carbocycles. The van der Waals surface area contributed by atoms with E-state index in [9.17, 15) is 4.79 Å². The van der Waals surface area contributed by atoms with Gasteiger partial charge in [-0.1, -0.05) is 0 Å². The maximum Gasteiger partial charge on any atom is 0.122 e. The lowest BCUT2D eigenvalue weighted by atomic mass is 10.0. The summed E-state index contributed by atoms with van der Waals surface area (Å²) in [5, 5.41) is 0. The fourth-order valence-corrected chi connectivity index (χ4v) is 1.12. The molecule has 0 unspecified atom stereocenters. The van der Waals surface area contributed by atoms with Crippen molar-refractivity contribution in [1.29, 1.82) is 0 Å². The number of rotatable bonds is 2. The van der Waals surface area contributed by atoms with E-state index in [4.69, 9.17) is 10.5 Å². The van der Waals surface area contributed by atoms with Crippen molar-refractivity contribution in [3.8, 4) is 0 Å². The van der Waals surface area contributed by atoms with E-state index in [0.717, 1.165) is 19.1 Å². The third kappa shape index (κ3) is 2.08. The van der Waals surface area contributed by atoms with Gasteiger partial charge in [-0.15, -0.1) is 0 Å². The molecule has 1 aliphatic heterocycles. The Hall–Kier alpha value is -0.410. The topological polar surface area (TPSA) is 52.3 Å². The standard InChI is InChI=1S/C7H13NO2/c8-6-1-2-7(3-4-9)10-5-6/h4,6-7H,1-3,5,8H2/t6-,7+/m1/s1. The summed E-state index contributed by atoms with van der Waals surface area (Å²) in [7, 11) is 0. The van der Waals surface area contributed by atoms with Gasteiger partial charge in [0.25, 0.3) is 0 Å². The average Bonchev–Trinajstić information content (AvgIpc) is 1.95. The summed E-state index contributed by atoms with van der Waals surface area (Å²) in [4.78, 5) is 10.0. The third-order valence-electron chi connectivity index (χ3n) is 1.76. The van der Waals surface area contributed by atoms with Crippen molar-refractivity contribution in [2.24, 2.45) is 5.73 Å². The Morgan fingerprint density at radius 1 is 1.60 bits per heavy atom. The minimum Gasteiger partial charge on any atom is -0.376 e. The van der Waals surface area contributed by atoms with Crippen molar-refractivity contribution in [1.82, 2.24) is 0 Å². The quantitative estimate of drug-likeness (QED) is 0.557. The minimum atomic E-state index is 0.136. The lowest BCUT2D eigenvalue weighted by molar-refractivity contribution is -0.111. The fraction of sp³-hybridized carbons (Fsp3) is 0.857. The van der Waals surface area contributed by atoms with Crippen LogP contribution in [0.25, 0.3) is 0 Å². The molecule has 0 radical (unpaired) electrons. The van der Waals surface area contributed by atoms with Gasteiger partial charge in [0.15, 0.2) is 0 Å². The van der Waals surface area contributed by atoms with Gasteiger partial charge in [-0.25, -0.2) is 0 Å². The van der Waals surface area contributed by atoms with Gasteiger partial charge < -0.3 is 15.3 Å². The highest BCUT2D eigenvalue weighted by molar-refractivity contribution is 5.50. The van der Waals surface area contributed by atoms with E-state index in [1.165, 1.54) is 0 Å². The molecule has 0 aromatic heterocycles. The monoisotopic (exact) mass is 143 g/mol. The summed E-state index contributed by atoms with van der Waals surface area (Å²) >= 11 is 0. The molecule has 0 spiro atoms. The van der Waals surface area contributed by atoms with Crippen LogP contribution in [-0.4, -0.2) is 25.0 Å². The first-order valence-corrected chi connectivity index (χ1v) is 3.63. The Morgan fingerprint density at radius 3 is 2.90 bits per heavy atom. The van der Waals surface area contributed by atoms with E-state index in [2.05, 4.69) is 0 Å². The molecule has 1 aliphatic rings. The summed E-state index contributed by atoms with van der Waals surface area (Å²) in [5.74, 6) is 0. The van der Waals surface area contributed by atoms with Crippen LogP contribution in [0.3, 0.4) is 0 Å². The summed E-state index contributed by atoms with van der Waals surface area (Å²) in [6, 6.07) is 0.183. The number of hydrogen-bond donors (Lipinski definition) is 1. The number of ether oxygens (including phenoxy) is 1. The fourth-order valence-electron chi connectivity index (χ4n) is 1.12. The van der Waals surface area contributed by atoms with Gasteiger partial charge in [0, 0.05) is 12.5 Å². The van der Waals surface area contributed by atoms with E-state index in [0.29, 0.717) is 13.0 Å². The van der Waals surface area contributed by atoms with Crippen molar-refractivity contribution in [2.45, 2.75) is 31.4 Å². The van der Waals surface area contributed by atoms with Crippen molar-refractivity contribution >= 4 is 6.29 Å². The summed E-state index contributed by atoms with van der Waals surface area (Å²) in [6.45, 7) is 0.610. The highest BCUT2D eigenvalue weighted by atomic mass is 16.5. The zero-order valence-corrected chi connectivity index (χ0v) is 5.95. The molecule has 0 aliphatic carbocycles. The van der Waals surface area contributed by atoms with Crippen LogP contribution < -0.4 is 5.73 Å².